The van der Waals surface area contributed by atoms with Crippen LogP contribution in [0.4, 0.5) is 0 Å². The Bertz CT molecular complexity index is 693. The van der Waals surface area contributed by atoms with Gasteiger partial charge in [-0.3, -0.25) is 4.79 Å². The van der Waals surface area contributed by atoms with E-state index in [4.69, 9.17) is 10.6 Å². The lowest BCUT2D eigenvalue weighted by Crippen LogP contribution is -2.53. The number of aliphatic carboxylic acids is 1. The molecule has 0 bridgehead atoms. The molecule has 1 amide bonds. The number of nitrogens with zero attached hydrogens (tertiary/aromatic N) is 1. The maximum absolute atomic E-state index is 12.5. The molecule has 142 valence electrons. The lowest BCUT2D eigenvalue weighted by Gasteiger charge is -2.30. The molecule has 0 fully saturated rings. The molecule has 0 aromatic heterocycles. The summed E-state index contributed by atoms with van der Waals surface area (Å²) in [6, 6.07) is -0.972. The van der Waals surface area contributed by atoms with Crippen molar-refractivity contribution in [2.24, 2.45) is 10.9 Å². The standard InChI is InChI=1S/C14H19N5O5S2/c1-6-4-25-12(18-9(6)13(22)23)7(3-20)16-11(21)10(19-24-2)8-5-26-14(15)17-8/h3,5,7,12,14,17-18H,4,15H2,1-2H3,(H,16,21)(H,22,23)/b19-10+/t7-,12-,14?/m1/s1. The van der Waals surface area contributed by atoms with Gasteiger partial charge in [0.05, 0.1) is 5.70 Å². The molecular weight excluding hydrogens is 382 g/mol. The molecule has 3 atom stereocenters. The lowest BCUT2D eigenvalue weighted by atomic mass is 10.2. The zero-order valence-corrected chi connectivity index (χ0v) is 15.6. The second-order valence-electron chi connectivity index (χ2n) is 5.33. The third-order valence-electron chi connectivity index (χ3n) is 3.46. The molecule has 0 saturated carbocycles. The van der Waals surface area contributed by atoms with Gasteiger partial charge in [0.2, 0.25) is 0 Å². The normalized spacial score (nSPS) is 24.1. The highest BCUT2D eigenvalue weighted by molar-refractivity contribution is 8.02. The van der Waals surface area contributed by atoms with Crippen molar-refractivity contribution in [1.82, 2.24) is 16.0 Å². The average Bonchev–Trinajstić information content (AvgIpc) is 3.03. The van der Waals surface area contributed by atoms with Crippen LogP contribution in [0.25, 0.3) is 0 Å². The molecule has 0 aromatic rings. The maximum atomic E-state index is 12.5. The summed E-state index contributed by atoms with van der Waals surface area (Å²) in [5.41, 5.74) is 6.28. The van der Waals surface area contributed by atoms with Crippen LogP contribution in [0, 0.1) is 0 Å². The molecule has 10 nitrogen and oxygen atoms in total. The van der Waals surface area contributed by atoms with Gasteiger partial charge in [0, 0.05) is 11.2 Å². The number of nitrogens with two attached hydrogens (primary N) is 1. The number of nitrogens with one attached hydrogen (secondary N) is 3. The van der Waals surface area contributed by atoms with E-state index in [1.54, 1.807) is 12.3 Å². The fourth-order valence-electron chi connectivity index (χ4n) is 2.22. The van der Waals surface area contributed by atoms with Crippen LogP contribution in [0.1, 0.15) is 6.92 Å². The predicted molar refractivity (Wildman–Crippen MR) is 98.9 cm³/mol. The van der Waals surface area contributed by atoms with Crippen molar-refractivity contribution in [2.45, 2.75) is 23.8 Å². The number of thioether (sulfide) groups is 2. The Morgan fingerprint density at radius 3 is 2.81 bits per heavy atom. The molecule has 0 aromatic carbocycles. The van der Waals surface area contributed by atoms with Crippen LogP contribution in [-0.4, -0.2) is 58.8 Å². The smallest absolute Gasteiger partial charge is 0.351 e. The Balaban J connectivity index is 2.11. The van der Waals surface area contributed by atoms with E-state index in [0.717, 1.165) is 0 Å². The molecule has 0 radical (unpaired) electrons. The molecular formula is C14H19N5O5S2. The van der Waals surface area contributed by atoms with Crippen molar-refractivity contribution in [2.75, 3.05) is 12.9 Å². The fraction of sp³-hybridized carbons (Fsp3) is 0.429. The Hall–Kier alpha value is -2.18. The van der Waals surface area contributed by atoms with Gasteiger partial charge in [0.1, 0.15) is 36.0 Å². The Labute approximate surface area is 158 Å². The van der Waals surface area contributed by atoms with E-state index in [2.05, 4.69) is 21.1 Å². The van der Waals surface area contributed by atoms with E-state index in [1.807, 2.05) is 0 Å². The van der Waals surface area contributed by atoms with E-state index >= 15 is 0 Å². The molecule has 26 heavy (non-hydrogen) atoms. The van der Waals surface area contributed by atoms with Crippen LogP contribution in [0.15, 0.2) is 27.5 Å². The van der Waals surface area contributed by atoms with Crippen LogP contribution in [-0.2, 0) is 19.2 Å². The van der Waals surface area contributed by atoms with E-state index in [0.29, 0.717) is 23.3 Å². The molecule has 12 heteroatoms. The monoisotopic (exact) mass is 401 g/mol. The SMILES string of the molecule is CO/N=C(/C(=O)N[C@H](C=O)[C@@H]1NC(C(=O)O)=C(C)CS1)C1=CSC(N)N1. The van der Waals surface area contributed by atoms with Gasteiger partial charge in [-0.2, -0.15) is 0 Å². The second kappa shape index (κ2) is 8.96. The minimum absolute atomic E-state index is 0.0307. The van der Waals surface area contributed by atoms with E-state index in [-0.39, 0.29) is 11.4 Å². The third kappa shape index (κ3) is 4.71. The predicted octanol–water partition coefficient (Wildman–Crippen LogP) is -0.886. The van der Waals surface area contributed by atoms with Gasteiger partial charge in [-0.25, -0.2) is 4.79 Å². The first kappa shape index (κ1) is 20.1. The first-order valence-electron chi connectivity index (χ1n) is 7.44. The number of amides is 1. The first-order valence-corrected chi connectivity index (χ1v) is 9.43. The van der Waals surface area contributed by atoms with Crippen LogP contribution in [0.2, 0.25) is 0 Å². The number of aldehydes is 1. The number of rotatable bonds is 7. The number of hydrogen-bond acceptors (Lipinski definition) is 10. The number of hydrogen-bond donors (Lipinski definition) is 5. The minimum atomic E-state index is -1.11. The van der Waals surface area contributed by atoms with Crippen LogP contribution >= 0.6 is 23.5 Å². The average molecular weight is 401 g/mol. The van der Waals surface area contributed by atoms with Crippen molar-refractivity contribution in [3.8, 4) is 0 Å². The quantitative estimate of drug-likeness (QED) is 0.206. The number of carboxylic acids is 1. The van der Waals surface area contributed by atoms with Crippen LogP contribution in [0.3, 0.4) is 0 Å². The van der Waals surface area contributed by atoms with Crippen molar-refractivity contribution in [3.63, 3.8) is 0 Å². The third-order valence-corrected chi connectivity index (χ3v) is 5.61. The largest absolute Gasteiger partial charge is 0.477 e. The molecule has 1 unspecified atom stereocenters. The van der Waals surface area contributed by atoms with Gasteiger partial charge in [0.15, 0.2) is 5.71 Å². The van der Waals surface area contributed by atoms with Crippen molar-refractivity contribution in [3.05, 3.63) is 22.4 Å². The van der Waals surface area contributed by atoms with E-state index < -0.39 is 28.8 Å². The lowest BCUT2D eigenvalue weighted by molar-refractivity contribution is -0.133. The number of carbonyl (C=O) groups is 3. The summed E-state index contributed by atoms with van der Waals surface area (Å²) >= 11 is 2.59. The molecule has 2 heterocycles. The maximum Gasteiger partial charge on any atom is 0.351 e. The Morgan fingerprint density at radius 2 is 2.27 bits per heavy atom. The summed E-state index contributed by atoms with van der Waals surface area (Å²) in [5.74, 6) is -1.34. The van der Waals surface area contributed by atoms with Gasteiger partial charge < -0.3 is 36.4 Å². The highest BCUT2D eigenvalue weighted by Crippen LogP contribution is 2.24. The molecule has 2 aliphatic rings. The highest BCUT2D eigenvalue weighted by atomic mass is 32.2. The second-order valence-corrected chi connectivity index (χ2v) is 7.47. The summed E-state index contributed by atoms with van der Waals surface area (Å²) in [7, 11) is 1.29. The zero-order chi connectivity index (χ0) is 19.3. The summed E-state index contributed by atoms with van der Waals surface area (Å²) in [6.07, 6.45) is 0.546. The van der Waals surface area contributed by atoms with Crippen LogP contribution < -0.4 is 21.7 Å². The highest BCUT2D eigenvalue weighted by Gasteiger charge is 2.32. The van der Waals surface area contributed by atoms with E-state index in [9.17, 15) is 19.5 Å². The molecule has 2 rings (SSSR count). The Kier molecular flexibility index (Phi) is 6.94. The molecule has 6 N–H and O–H groups in total. The van der Waals surface area contributed by atoms with Gasteiger partial charge in [-0.05, 0) is 12.5 Å². The Morgan fingerprint density at radius 1 is 1.54 bits per heavy atom. The minimum Gasteiger partial charge on any atom is -0.477 e. The topological polar surface area (TPSA) is 155 Å². The number of oxime groups is 1. The summed E-state index contributed by atoms with van der Waals surface area (Å²) in [5, 5.41) is 22.1. The molecule has 2 aliphatic heterocycles. The number of carboxylic acid groups (broad SMARTS) is 1. The van der Waals surface area contributed by atoms with Gasteiger partial charge in [-0.1, -0.05) is 16.9 Å². The molecule has 0 spiro atoms. The first-order chi connectivity index (χ1) is 12.4. The van der Waals surface area contributed by atoms with Crippen molar-refractivity contribution >= 4 is 47.4 Å². The van der Waals surface area contributed by atoms with Gasteiger partial charge >= 0.3 is 5.97 Å². The van der Waals surface area contributed by atoms with E-state index in [1.165, 1.54) is 30.6 Å². The fourth-order valence-corrected chi connectivity index (χ4v) is 4.00. The summed E-state index contributed by atoms with van der Waals surface area (Å²) in [6.45, 7) is 1.69. The van der Waals surface area contributed by atoms with Gasteiger partial charge in [0.25, 0.3) is 5.91 Å². The van der Waals surface area contributed by atoms with Crippen molar-refractivity contribution in [1.29, 1.82) is 0 Å². The van der Waals surface area contributed by atoms with Gasteiger partial charge in [-0.15, -0.1) is 11.8 Å². The molecule has 0 aliphatic carbocycles. The van der Waals surface area contributed by atoms with Crippen molar-refractivity contribution < 1.29 is 24.3 Å². The molecule has 0 saturated heterocycles. The summed E-state index contributed by atoms with van der Waals surface area (Å²) in [4.78, 5) is 40.0. The summed E-state index contributed by atoms with van der Waals surface area (Å²) < 4.78 is 0. The number of carbonyl (C=O) groups excluding carboxylic acids is 2. The van der Waals surface area contributed by atoms with Crippen LogP contribution in [0.5, 0.6) is 0 Å². The zero-order valence-electron chi connectivity index (χ0n) is 14.0.